The van der Waals surface area contributed by atoms with Crippen LogP contribution in [0.25, 0.3) is 0 Å². The van der Waals surface area contributed by atoms with Gasteiger partial charge in [-0.05, 0) is 0 Å². The molecule has 0 aliphatic rings. The fourth-order valence-corrected chi connectivity index (χ4v) is 1.04. The third-order valence-corrected chi connectivity index (χ3v) is 2.48. The van der Waals surface area contributed by atoms with Gasteiger partial charge in [0, 0.05) is 0 Å². The second-order valence-corrected chi connectivity index (χ2v) is 4.03. The van der Waals surface area contributed by atoms with Gasteiger partial charge in [0.1, 0.15) is 0 Å². The molecule has 0 aromatic heterocycles. The first-order valence-corrected chi connectivity index (χ1v) is 4.83. The first-order valence-electron chi connectivity index (χ1n) is 4.83. The lowest BCUT2D eigenvalue weighted by Gasteiger charge is -2.39. The Kier molecular flexibility index (Phi) is 4.77. The van der Waals surface area contributed by atoms with Crippen molar-refractivity contribution >= 4 is 12.1 Å². The molecule has 0 unspecified atom stereocenters. The summed E-state index contributed by atoms with van der Waals surface area (Å²) in [6, 6.07) is 0. The van der Waals surface area contributed by atoms with Crippen LogP contribution in [0.1, 0.15) is 0 Å². The van der Waals surface area contributed by atoms with Crippen molar-refractivity contribution in [1.29, 1.82) is 5.41 Å². The van der Waals surface area contributed by atoms with E-state index in [-0.39, 0.29) is 0 Å². The van der Waals surface area contributed by atoms with Gasteiger partial charge in [0.2, 0.25) is 0 Å². The van der Waals surface area contributed by atoms with Crippen molar-refractivity contribution in [3.63, 3.8) is 0 Å². The second kappa shape index (κ2) is 5.15. The molecule has 0 saturated heterocycles. The highest BCUT2D eigenvalue weighted by molar-refractivity contribution is 5.85. The van der Waals surface area contributed by atoms with Crippen molar-refractivity contribution < 1.29 is 57.5 Å². The summed E-state index contributed by atoms with van der Waals surface area (Å²) < 4.78 is 153. The molecule has 3 nitrogen and oxygen atoms in total. The summed E-state index contributed by atoms with van der Waals surface area (Å²) in [6.45, 7) is 0. The number of rotatable bonds is 7. The molecule has 0 aromatic carbocycles. The van der Waals surface area contributed by atoms with Crippen molar-refractivity contribution in [1.82, 2.24) is 0 Å². The highest BCUT2D eigenvalue weighted by atomic mass is 19.4. The smallest absolute Gasteiger partial charge is 0.382 e. The molecule has 136 valence electrons. The van der Waals surface area contributed by atoms with Crippen LogP contribution in [0.5, 0.6) is 0 Å². The molecule has 0 fully saturated rings. The third kappa shape index (κ3) is 2.49. The summed E-state index contributed by atoms with van der Waals surface area (Å²) in [6.07, 6.45) is -2.25. The molecule has 0 aromatic rings. The lowest BCUT2D eigenvalue weighted by molar-refractivity contribution is -0.412. The number of amidine groups is 1. The summed E-state index contributed by atoms with van der Waals surface area (Å²) in [4.78, 5) is 9.60. The van der Waals surface area contributed by atoms with Crippen LogP contribution in [0.2, 0.25) is 0 Å². The maximum absolute atomic E-state index is 12.9. The lowest BCUT2D eigenvalue weighted by atomic mass is 9.91. The zero-order valence-electron chi connectivity index (χ0n) is 10.1. The quantitative estimate of drug-likeness (QED) is 0.312. The Morgan fingerprint density at radius 2 is 1.00 bits per heavy atom. The minimum absolute atomic E-state index is 2.25. The van der Waals surface area contributed by atoms with Crippen LogP contribution >= 0.6 is 0 Å². The minimum Gasteiger partial charge on any atom is -0.382 e. The molecule has 0 bridgehead atoms. The van der Waals surface area contributed by atoms with E-state index in [1.54, 1.807) is 0 Å². The number of carbonyl (C=O) groups excluding carboxylic acids is 1. The van der Waals surface area contributed by atoms with Crippen molar-refractivity contribution in [2.75, 3.05) is 0 Å². The molecule has 0 radical (unpaired) electrons. The number of nitrogens with two attached hydrogens (primary N) is 1. The standard InChI is InChI=1S/C8H4F12N2O/c9-3(10,1-23)5(13,14)7(17,18)8(19,20)6(15,16)4(11,12)2(21)22/h1H,(H3,21,22). The van der Waals surface area contributed by atoms with Crippen molar-refractivity contribution in [2.24, 2.45) is 5.73 Å². The SMILES string of the molecule is N=C(N)C(F)(F)C(F)(F)C(F)(F)C(F)(F)C(F)(F)C(F)(F)C=O. The summed E-state index contributed by atoms with van der Waals surface area (Å²) in [5.41, 5.74) is 3.80. The van der Waals surface area contributed by atoms with Gasteiger partial charge in [-0.3, -0.25) is 10.2 Å². The van der Waals surface area contributed by atoms with Crippen molar-refractivity contribution in [3.8, 4) is 0 Å². The molecule has 23 heavy (non-hydrogen) atoms. The van der Waals surface area contributed by atoms with Crippen molar-refractivity contribution in [2.45, 2.75) is 35.5 Å². The normalized spacial score (nSPS) is 15.5. The Labute approximate surface area is 117 Å². The first-order chi connectivity index (χ1) is 9.75. The Morgan fingerprint density at radius 3 is 1.26 bits per heavy atom. The number of halogens is 12. The average Bonchev–Trinajstić information content (AvgIpc) is 2.37. The average molecular weight is 372 g/mol. The number of alkyl halides is 12. The number of hydrogen-bond acceptors (Lipinski definition) is 2. The van der Waals surface area contributed by atoms with E-state index in [0.717, 1.165) is 0 Å². The van der Waals surface area contributed by atoms with E-state index in [1.807, 2.05) is 0 Å². The molecule has 0 heterocycles. The first kappa shape index (κ1) is 21.3. The van der Waals surface area contributed by atoms with Gasteiger partial charge >= 0.3 is 35.5 Å². The van der Waals surface area contributed by atoms with E-state index in [1.165, 1.54) is 0 Å². The molecule has 15 heteroatoms. The van der Waals surface area contributed by atoms with Crippen LogP contribution in [-0.2, 0) is 4.79 Å². The van der Waals surface area contributed by atoms with E-state index in [2.05, 4.69) is 5.73 Å². The number of carbonyl (C=O) groups is 1. The van der Waals surface area contributed by atoms with Crippen LogP contribution in [0.3, 0.4) is 0 Å². The largest absolute Gasteiger partial charge is 0.385 e. The topological polar surface area (TPSA) is 66.9 Å². The van der Waals surface area contributed by atoms with Crippen LogP contribution in [0, 0.1) is 5.41 Å². The number of hydrogen-bond donors (Lipinski definition) is 2. The van der Waals surface area contributed by atoms with E-state index in [4.69, 9.17) is 5.41 Å². The molecule has 0 atom stereocenters. The second-order valence-electron chi connectivity index (χ2n) is 4.03. The highest BCUT2D eigenvalue weighted by Gasteiger charge is 2.90. The fourth-order valence-electron chi connectivity index (χ4n) is 1.04. The van der Waals surface area contributed by atoms with E-state index in [0.29, 0.717) is 0 Å². The van der Waals surface area contributed by atoms with Gasteiger partial charge in [-0.25, -0.2) is 0 Å². The molecule has 0 aliphatic carbocycles. The predicted molar refractivity (Wildman–Crippen MR) is 47.7 cm³/mol. The maximum atomic E-state index is 12.9. The molecular formula is C8H4F12N2O. The Bertz CT molecular complexity index is 499. The highest BCUT2D eigenvalue weighted by Crippen LogP contribution is 2.59. The van der Waals surface area contributed by atoms with Gasteiger partial charge in [0.25, 0.3) is 0 Å². The molecule has 0 amide bonds. The molecule has 0 saturated carbocycles. The van der Waals surface area contributed by atoms with Crippen LogP contribution in [-0.4, -0.2) is 47.7 Å². The van der Waals surface area contributed by atoms with Crippen LogP contribution in [0.4, 0.5) is 52.7 Å². The van der Waals surface area contributed by atoms with Gasteiger partial charge in [-0.1, -0.05) is 0 Å². The Balaban J connectivity index is 6.39. The molecule has 0 rings (SSSR count). The Hall–Kier alpha value is -1.70. The summed E-state index contributed by atoms with van der Waals surface area (Å²) in [5.74, 6) is -46.9. The summed E-state index contributed by atoms with van der Waals surface area (Å²) >= 11 is 0. The van der Waals surface area contributed by atoms with Gasteiger partial charge in [-0.15, -0.1) is 0 Å². The maximum Gasteiger partial charge on any atom is 0.385 e. The number of aldehydes is 1. The molecule has 0 aliphatic heterocycles. The van der Waals surface area contributed by atoms with E-state index < -0.39 is 47.7 Å². The zero-order chi connectivity index (χ0) is 19.3. The van der Waals surface area contributed by atoms with Gasteiger partial charge in [-0.2, -0.15) is 52.7 Å². The van der Waals surface area contributed by atoms with Crippen molar-refractivity contribution in [3.05, 3.63) is 0 Å². The van der Waals surface area contributed by atoms with E-state index in [9.17, 15) is 57.5 Å². The van der Waals surface area contributed by atoms with Gasteiger partial charge < -0.3 is 5.73 Å². The zero-order valence-corrected chi connectivity index (χ0v) is 10.1. The number of nitrogens with one attached hydrogen (secondary N) is 1. The van der Waals surface area contributed by atoms with Crippen LogP contribution in [0.15, 0.2) is 0 Å². The summed E-state index contributed by atoms with van der Waals surface area (Å²) in [7, 11) is 0. The van der Waals surface area contributed by atoms with Gasteiger partial charge in [0.05, 0.1) is 0 Å². The third-order valence-electron chi connectivity index (χ3n) is 2.48. The van der Waals surface area contributed by atoms with E-state index >= 15 is 0 Å². The Morgan fingerprint density at radius 1 is 0.696 bits per heavy atom. The monoisotopic (exact) mass is 372 g/mol. The fraction of sp³-hybridized carbons (Fsp3) is 0.750. The molecule has 0 spiro atoms. The lowest BCUT2D eigenvalue weighted by Crippen LogP contribution is -2.72. The minimum atomic E-state index is -7.83. The van der Waals surface area contributed by atoms with Crippen LogP contribution < -0.4 is 5.73 Å². The van der Waals surface area contributed by atoms with Gasteiger partial charge in [0.15, 0.2) is 12.1 Å². The molecule has 3 N–H and O–H groups in total. The molecular weight excluding hydrogens is 368 g/mol. The summed E-state index contributed by atoms with van der Waals surface area (Å²) in [5, 5.41) is 5.93. The predicted octanol–water partition coefficient (Wildman–Crippen LogP) is 2.93.